The van der Waals surface area contributed by atoms with E-state index in [1.54, 1.807) is 13.2 Å². The maximum Gasteiger partial charge on any atom is 0.123 e. The third kappa shape index (κ3) is 3.12. The van der Waals surface area contributed by atoms with Crippen LogP contribution in [0.4, 0.5) is 0 Å². The van der Waals surface area contributed by atoms with Crippen LogP contribution < -0.4 is 4.74 Å². The van der Waals surface area contributed by atoms with Crippen molar-refractivity contribution in [3.8, 4) is 11.8 Å². The van der Waals surface area contributed by atoms with E-state index in [1.807, 2.05) is 12.1 Å². The fourth-order valence-corrected chi connectivity index (χ4v) is 2.99. The van der Waals surface area contributed by atoms with Gasteiger partial charge in [-0.25, -0.2) is 0 Å². The molecule has 0 aliphatic carbocycles. The minimum absolute atomic E-state index is 0.185. The Kier molecular flexibility index (Phi) is 4.99. The lowest BCUT2D eigenvalue weighted by Crippen LogP contribution is -2.46. The molecular formula is C16H22N2O2. The molecule has 0 spiro atoms. The molecule has 0 aromatic heterocycles. The van der Waals surface area contributed by atoms with Crippen molar-refractivity contribution < 1.29 is 9.84 Å². The zero-order valence-electron chi connectivity index (χ0n) is 12.2. The number of hydrogen-bond donors (Lipinski definition) is 1. The van der Waals surface area contributed by atoms with Crippen LogP contribution in [0.3, 0.4) is 0 Å². The Bertz CT molecular complexity index is 496. The Hall–Kier alpha value is -1.57. The Morgan fingerprint density at radius 2 is 2.25 bits per heavy atom. The topological polar surface area (TPSA) is 56.5 Å². The zero-order valence-corrected chi connectivity index (χ0v) is 12.2. The summed E-state index contributed by atoms with van der Waals surface area (Å²) in [6.07, 6.45) is 3.34. The predicted octanol–water partition coefficient (Wildman–Crippen LogP) is 2.30. The van der Waals surface area contributed by atoms with Gasteiger partial charge >= 0.3 is 0 Å². The van der Waals surface area contributed by atoms with E-state index in [-0.39, 0.29) is 12.6 Å². The van der Waals surface area contributed by atoms with Crippen molar-refractivity contribution in [1.29, 1.82) is 5.26 Å². The molecule has 1 fully saturated rings. The lowest BCUT2D eigenvalue weighted by molar-refractivity contribution is 0.0446. The molecule has 108 valence electrons. The summed E-state index contributed by atoms with van der Waals surface area (Å²) < 4.78 is 5.39. The molecule has 0 amide bonds. The van der Waals surface area contributed by atoms with Crippen LogP contribution >= 0.6 is 0 Å². The minimum atomic E-state index is 0.185. The van der Waals surface area contributed by atoms with Gasteiger partial charge in [0.1, 0.15) is 5.75 Å². The molecule has 1 aromatic rings. The summed E-state index contributed by atoms with van der Waals surface area (Å²) in [4.78, 5) is 2.32. The van der Waals surface area contributed by atoms with Crippen molar-refractivity contribution in [3.63, 3.8) is 0 Å². The average molecular weight is 274 g/mol. The molecule has 0 unspecified atom stereocenters. The summed E-state index contributed by atoms with van der Waals surface area (Å²) in [5.41, 5.74) is 1.66. The highest BCUT2D eigenvalue weighted by molar-refractivity contribution is 5.42. The highest BCUT2D eigenvalue weighted by Gasteiger charge is 2.28. The van der Waals surface area contributed by atoms with Crippen LogP contribution in [0, 0.1) is 11.3 Å². The first-order valence-electron chi connectivity index (χ1n) is 7.13. The maximum absolute atomic E-state index is 9.56. The number of hydrogen-bond acceptors (Lipinski definition) is 4. The highest BCUT2D eigenvalue weighted by Crippen LogP contribution is 2.28. The first-order chi connectivity index (χ1) is 9.69. The number of nitriles is 1. The van der Waals surface area contributed by atoms with Crippen LogP contribution in [0.5, 0.6) is 5.75 Å². The lowest BCUT2D eigenvalue weighted by Gasteiger charge is -2.40. The molecule has 0 radical (unpaired) electrons. The first-order valence-corrected chi connectivity index (χ1v) is 7.13. The fraction of sp³-hybridized carbons (Fsp3) is 0.562. The molecule has 4 heteroatoms. The lowest BCUT2D eigenvalue weighted by atomic mass is 9.95. The van der Waals surface area contributed by atoms with E-state index >= 15 is 0 Å². The van der Waals surface area contributed by atoms with E-state index in [9.17, 15) is 5.11 Å². The first kappa shape index (κ1) is 14.8. The molecule has 1 saturated heterocycles. The second-order valence-electron chi connectivity index (χ2n) is 5.43. The second kappa shape index (κ2) is 6.74. The third-order valence-electron chi connectivity index (χ3n) is 4.17. The zero-order chi connectivity index (χ0) is 14.5. The third-order valence-corrected chi connectivity index (χ3v) is 4.17. The average Bonchev–Trinajstić information content (AvgIpc) is 2.49. The number of piperidine rings is 1. The van der Waals surface area contributed by atoms with Gasteiger partial charge in [0.05, 0.1) is 25.3 Å². The van der Waals surface area contributed by atoms with Gasteiger partial charge in [0, 0.05) is 24.2 Å². The van der Waals surface area contributed by atoms with Gasteiger partial charge in [-0.1, -0.05) is 6.42 Å². The predicted molar refractivity (Wildman–Crippen MR) is 77.4 cm³/mol. The molecule has 0 bridgehead atoms. The number of ether oxygens (including phenoxy) is 1. The minimum Gasteiger partial charge on any atom is -0.496 e. The van der Waals surface area contributed by atoms with Crippen LogP contribution in [-0.4, -0.2) is 35.8 Å². The van der Waals surface area contributed by atoms with E-state index in [2.05, 4.69) is 17.9 Å². The number of nitrogens with zero attached hydrogens (tertiary/aromatic N) is 2. The molecule has 1 heterocycles. The van der Waals surface area contributed by atoms with Gasteiger partial charge in [-0.2, -0.15) is 5.26 Å². The number of rotatable bonds is 4. The molecule has 1 aromatic carbocycles. The van der Waals surface area contributed by atoms with E-state index in [1.165, 1.54) is 0 Å². The van der Waals surface area contributed by atoms with Crippen molar-refractivity contribution in [2.24, 2.45) is 0 Å². The van der Waals surface area contributed by atoms with E-state index in [0.29, 0.717) is 18.2 Å². The number of methoxy groups -OCH3 is 1. The Morgan fingerprint density at radius 3 is 2.90 bits per heavy atom. The van der Waals surface area contributed by atoms with Gasteiger partial charge in [-0.15, -0.1) is 0 Å². The Labute approximate surface area is 120 Å². The molecule has 2 rings (SSSR count). The van der Waals surface area contributed by atoms with Crippen molar-refractivity contribution >= 4 is 0 Å². The summed E-state index contributed by atoms with van der Waals surface area (Å²) in [6, 6.07) is 8.31. The SMILES string of the molecule is COc1ccc(C#N)cc1CN1[C@H](CO)CCC[C@H]1C. The van der Waals surface area contributed by atoms with Crippen molar-refractivity contribution in [2.45, 2.75) is 44.8 Å². The van der Waals surface area contributed by atoms with Crippen LogP contribution in [0.1, 0.15) is 37.3 Å². The Balaban J connectivity index is 2.25. The number of likely N-dealkylation sites (tertiary alicyclic amines) is 1. The summed E-state index contributed by atoms with van der Waals surface area (Å²) >= 11 is 0. The van der Waals surface area contributed by atoms with Gasteiger partial charge in [0.25, 0.3) is 0 Å². The highest BCUT2D eigenvalue weighted by atomic mass is 16.5. The van der Waals surface area contributed by atoms with E-state index in [0.717, 1.165) is 30.6 Å². The van der Waals surface area contributed by atoms with Gasteiger partial charge in [-0.3, -0.25) is 4.90 Å². The number of aliphatic hydroxyl groups excluding tert-OH is 1. The van der Waals surface area contributed by atoms with Crippen LogP contribution in [-0.2, 0) is 6.54 Å². The molecule has 4 nitrogen and oxygen atoms in total. The molecule has 20 heavy (non-hydrogen) atoms. The molecule has 0 saturated carbocycles. The van der Waals surface area contributed by atoms with E-state index in [4.69, 9.17) is 10.00 Å². The largest absolute Gasteiger partial charge is 0.496 e. The van der Waals surface area contributed by atoms with Crippen LogP contribution in [0.25, 0.3) is 0 Å². The van der Waals surface area contributed by atoms with Crippen LogP contribution in [0.2, 0.25) is 0 Å². The second-order valence-corrected chi connectivity index (χ2v) is 5.43. The van der Waals surface area contributed by atoms with Gasteiger partial charge in [0.2, 0.25) is 0 Å². The van der Waals surface area contributed by atoms with Gasteiger partial charge in [0.15, 0.2) is 0 Å². The molecule has 1 N–H and O–H groups in total. The van der Waals surface area contributed by atoms with Gasteiger partial charge < -0.3 is 9.84 Å². The van der Waals surface area contributed by atoms with Crippen molar-refractivity contribution in [3.05, 3.63) is 29.3 Å². The normalized spacial score (nSPS) is 23.3. The molecular weight excluding hydrogens is 252 g/mol. The standard InChI is InChI=1S/C16H22N2O2/c1-12-4-3-5-15(11-19)18(12)10-14-8-13(9-17)6-7-16(14)20-2/h6-8,12,15,19H,3-5,10-11H2,1-2H3/t12-,15+/m1/s1. The quantitative estimate of drug-likeness (QED) is 0.915. The molecule has 1 aliphatic rings. The summed E-state index contributed by atoms with van der Waals surface area (Å²) in [5.74, 6) is 0.804. The number of benzene rings is 1. The number of aliphatic hydroxyl groups is 1. The molecule has 2 atom stereocenters. The van der Waals surface area contributed by atoms with Gasteiger partial charge in [-0.05, 0) is 38.0 Å². The van der Waals surface area contributed by atoms with Crippen LogP contribution in [0.15, 0.2) is 18.2 Å². The Morgan fingerprint density at radius 1 is 1.45 bits per heavy atom. The summed E-state index contributed by atoms with van der Waals surface area (Å²) in [6.45, 7) is 3.10. The van der Waals surface area contributed by atoms with Crippen molar-refractivity contribution in [1.82, 2.24) is 4.90 Å². The summed E-state index contributed by atoms with van der Waals surface area (Å²) in [7, 11) is 1.65. The fourth-order valence-electron chi connectivity index (χ4n) is 2.99. The summed E-state index contributed by atoms with van der Waals surface area (Å²) in [5, 5.41) is 18.6. The smallest absolute Gasteiger partial charge is 0.123 e. The maximum atomic E-state index is 9.56. The van der Waals surface area contributed by atoms with E-state index < -0.39 is 0 Å². The van der Waals surface area contributed by atoms with Crippen molar-refractivity contribution in [2.75, 3.05) is 13.7 Å². The monoisotopic (exact) mass is 274 g/mol. The molecule has 1 aliphatic heterocycles.